The molecule has 0 spiro atoms. The van der Waals surface area contributed by atoms with Crippen LogP contribution in [0.25, 0.3) is 0 Å². The molecule has 5 heteroatoms. The molecule has 0 bridgehead atoms. The smallest absolute Gasteiger partial charge is 0.132 e. The van der Waals surface area contributed by atoms with Gasteiger partial charge < -0.3 is 10.6 Å². The van der Waals surface area contributed by atoms with E-state index >= 15 is 0 Å². The topological polar surface area (TPSA) is 78.9 Å². The molecule has 16 heavy (non-hydrogen) atoms. The molecule has 0 unspecified atom stereocenters. The highest BCUT2D eigenvalue weighted by Crippen LogP contribution is 2.30. The van der Waals surface area contributed by atoms with E-state index in [9.17, 15) is 0 Å². The second-order valence-corrected chi connectivity index (χ2v) is 4.22. The lowest BCUT2D eigenvalue weighted by Gasteiger charge is -2.23. The van der Waals surface area contributed by atoms with Gasteiger partial charge in [0.2, 0.25) is 0 Å². The maximum absolute atomic E-state index is 7.27. The van der Waals surface area contributed by atoms with E-state index in [-0.39, 0.29) is 5.84 Å². The van der Waals surface area contributed by atoms with Gasteiger partial charge in [-0.3, -0.25) is 5.41 Å². The lowest BCUT2D eigenvalue weighted by atomic mass is 10.3. The molecule has 0 aliphatic heterocycles. The van der Waals surface area contributed by atoms with Gasteiger partial charge in [-0.15, -0.1) is 0 Å². The molecule has 0 atom stereocenters. The number of amidine groups is 1. The van der Waals surface area contributed by atoms with Crippen LogP contribution in [-0.4, -0.2) is 28.4 Å². The number of rotatable bonds is 5. The summed E-state index contributed by atoms with van der Waals surface area (Å²) in [5, 5.41) is 7.27. The summed E-state index contributed by atoms with van der Waals surface area (Å²) in [6, 6.07) is 2.56. The van der Waals surface area contributed by atoms with Crippen LogP contribution in [0.5, 0.6) is 0 Å². The number of anilines is 1. The molecule has 1 heterocycles. The first-order valence-corrected chi connectivity index (χ1v) is 5.55. The van der Waals surface area contributed by atoms with Crippen LogP contribution >= 0.6 is 0 Å². The van der Waals surface area contributed by atoms with E-state index in [4.69, 9.17) is 11.1 Å². The van der Waals surface area contributed by atoms with Gasteiger partial charge in [0, 0.05) is 30.8 Å². The fourth-order valence-electron chi connectivity index (χ4n) is 1.71. The van der Waals surface area contributed by atoms with Crippen molar-refractivity contribution in [1.29, 1.82) is 5.41 Å². The molecule has 5 nitrogen and oxygen atoms in total. The fraction of sp³-hybridized carbons (Fsp3) is 0.545. The largest absolute Gasteiger partial charge is 0.388 e. The van der Waals surface area contributed by atoms with Gasteiger partial charge in [0.25, 0.3) is 0 Å². The van der Waals surface area contributed by atoms with E-state index in [0.29, 0.717) is 12.5 Å². The quantitative estimate of drug-likeness (QED) is 0.573. The Labute approximate surface area is 95.2 Å². The minimum Gasteiger partial charge on any atom is -0.388 e. The summed E-state index contributed by atoms with van der Waals surface area (Å²) in [6.45, 7) is 2.73. The van der Waals surface area contributed by atoms with Crippen molar-refractivity contribution in [2.75, 3.05) is 11.4 Å². The second kappa shape index (κ2) is 4.47. The molecule has 1 aromatic rings. The van der Waals surface area contributed by atoms with Crippen molar-refractivity contribution in [2.45, 2.75) is 32.2 Å². The molecule has 0 saturated heterocycles. The highest BCUT2D eigenvalue weighted by molar-refractivity contribution is 5.77. The molecule has 3 N–H and O–H groups in total. The van der Waals surface area contributed by atoms with Crippen molar-refractivity contribution in [3.63, 3.8) is 0 Å². The zero-order chi connectivity index (χ0) is 11.5. The molecule has 0 radical (unpaired) electrons. The molecule has 1 aliphatic carbocycles. The lowest BCUT2D eigenvalue weighted by Crippen LogP contribution is -2.30. The van der Waals surface area contributed by atoms with Gasteiger partial charge >= 0.3 is 0 Å². The number of hydrogen-bond acceptors (Lipinski definition) is 4. The maximum atomic E-state index is 7.27. The summed E-state index contributed by atoms with van der Waals surface area (Å²) in [5.74, 6) is 1.19. The summed E-state index contributed by atoms with van der Waals surface area (Å²) >= 11 is 0. The summed E-state index contributed by atoms with van der Waals surface area (Å²) in [7, 11) is 0. The predicted molar refractivity (Wildman–Crippen MR) is 63.7 cm³/mol. The molecule has 2 rings (SSSR count). The number of nitrogens with one attached hydrogen (secondary N) is 1. The molecule has 1 aromatic heterocycles. The van der Waals surface area contributed by atoms with Crippen LogP contribution in [0.15, 0.2) is 12.4 Å². The van der Waals surface area contributed by atoms with Crippen LogP contribution < -0.4 is 10.6 Å². The fourth-order valence-corrected chi connectivity index (χ4v) is 1.71. The summed E-state index contributed by atoms with van der Waals surface area (Å²) < 4.78 is 0. The van der Waals surface area contributed by atoms with Gasteiger partial charge in [-0.1, -0.05) is 0 Å². The van der Waals surface area contributed by atoms with Crippen molar-refractivity contribution >= 4 is 11.7 Å². The molecule has 0 aromatic carbocycles. The summed E-state index contributed by atoms with van der Waals surface area (Å²) in [4.78, 5) is 10.6. The summed E-state index contributed by atoms with van der Waals surface area (Å²) in [6.07, 6.45) is 4.61. The van der Waals surface area contributed by atoms with Crippen LogP contribution in [0.1, 0.15) is 25.0 Å². The van der Waals surface area contributed by atoms with Gasteiger partial charge in [0.15, 0.2) is 0 Å². The van der Waals surface area contributed by atoms with Crippen molar-refractivity contribution < 1.29 is 0 Å². The zero-order valence-electron chi connectivity index (χ0n) is 9.48. The molecule has 0 amide bonds. The molecule has 86 valence electrons. The van der Waals surface area contributed by atoms with Crippen molar-refractivity contribution in [2.24, 2.45) is 5.73 Å². The Hall–Kier alpha value is -1.65. The molecule has 1 fully saturated rings. The van der Waals surface area contributed by atoms with Gasteiger partial charge in [-0.2, -0.15) is 0 Å². The number of nitrogens with two attached hydrogens (primary N) is 1. The number of hydrogen-bond donors (Lipinski definition) is 2. The third-order valence-electron chi connectivity index (χ3n) is 2.69. The van der Waals surface area contributed by atoms with E-state index in [1.165, 1.54) is 12.8 Å². The number of aromatic nitrogens is 2. The lowest BCUT2D eigenvalue weighted by molar-refractivity contribution is 0.777. The Kier molecular flexibility index (Phi) is 3.03. The summed E-state index contributed by atoms with van der Waals surface area (Å²) in [5.41, 5.74) is 6.36. The van der Waals surface area contributed by atoms with E-state index < -0.39 is 0 Å². The zero-order valence-corrected chi connectivity index (χ0v) is 9.48. The normalized spacial score (nSPS) is 14.8. The van der Waals surface area contributed by atoms with Crippen LogP contribution in [0, 0.1) is 12.3 Å². The minimum atomic E-state index is 0.233. The van der Waals surface area contributed by atoms with Gasteiger partial charge in [0.1, 0.15) is 12.1 Å². The predicted octanol–water partition coefficient (Wildman–Crippen LogP) is 1.08. The van der Waals surface area contributed by atoms with E-state index in [1.807, 2.05) is 13.0 Å². The molecular weight excluding hydrogens is 202 g/mol. The maximum Gasteiger partial charge on any atom is 0.132 e. The Balaban J connectivity index is 2.09. The first kappa shape index (κ1) is 10.9. The SMILES string of the molecule is Cc1cc(N(CCC(=N)N)C2CC2)ncn1. The van der Waals surface area contributed by atoms with Gasteiger partial charge in [0.05, 0.1) is 5.84 Å². The molecule has 1 aliphatic rings. The highest BCUT2D eigenvalue weighted by Gasteiger charge is 2.29. The van der Waals surface area contributed by atoms with Crippen molar-refractivity contribution in [3.05, 3.63) is 18.1 Å². The minimum absolute atomic E-state index is 0.233. The van der Waals surface area contributed by atoms with Crippen molar-refractivity contribution in [1.82, 2.24) is 9.97 Å². The first-order chi connectivity index (χ1) is 7.66. The monoisotopic (exact) mass is 219 g/mol. The van der Waals surface area contributed by atoms with Gasteiger partial charge in [-0.05, 0) is 19.8 Å². The molecular formula is C11H17N5. The number of nitrogens with zero attached hydrogens (tertiary/aromatic N) is 3. The van der Waals surface area contributed by atoms with Crippen LogP contribution in [0.3, 0.4) is 0 Å². The third kappa shape index (κ3) is 2.68. The van der Waals surface area contributed by atoms with E-state index in [1.54, 1.807) is 6.33 Å². The number of aryl methyl sites for hydroxylation is 1. The van der Waals surface area contributed by atoms with E-state index in [0.717, 1.165) is 18.1 Å². The Morgan fingerprint density at radius 2 is 2.31 bits per heavy atom. The Morgan fingerprint density at radius 1 is 1.56 bits per heavy atom. The van der Waals surface area contributed by atoms with Gasteiger partial charge in [-0.25, -0.2) is 9.97 Å². The van der Waals surface area contributed by atoms with Crippen LogP contribution in [0.2, 0.25) is 0 Å². The highest BCUT2D eigenvalue weighted by atomic mass is 15.2. The first-order valence-electron chi connectivity index (χ1n) is 5.55. The average molecular weight is 219 g/mol. The third-order valence-corrected chi connectivity index (χ3v) is 2.69. The van der Waals surface area contributed by atoms with Crippen LogP contribution in [-0.2, 0) is 0 Å². The van der Waals surface area contributed by atoms with Crippen molar-refractivity contribution in [3.8, 4) is 0 Å². The average Bonchev–Trinajstić information content (AvgIpc) is 3.02. The molecule has 1 saturated carbocycles. The Morgan fingerprint density at radius 3 is 2.88 bits per heavy atom. The Bertz CT molecular complexity index is 386. The van der Waals surface area contributed by atoms with Crippen LogP contribution in [0.4, 0.5) is 5.82 Å². The second-order valence-electron chi connectivity index (χ2n) is 4.22. The standard InChI is InChI=1S/C11H17N5/c1-8-6-11(15-7-14-8)16(9-2-3-9)5-4-10(12)13/h6-7,9H,2-5H2,1H3,(H3,12,13). The van der Waals surface area contributed by atoms with E-state index in [2.05, 4.69) is 14.9 Å².